The van der Waals surface area contributed by atoms with Crippen LogP contribution >= 0.6 is 0 Å². The predicted octanol–water partition coefficient (Wildman–Crippen LogP) is 2.17. The molecule has 1 aromatic rings. The van der Waals surface area contributed by atoms with Gasteiger partial charge in [0.05, 0.1) is 11.9 Å². The van der Waals surface area contributed by atoms with Crippen molar-refractivity contribution in [3.8, 4) is 0 Å². The Balaban J connectivity index is 2.55. The number of nitrogens with one attached hydrogen (secondary N) is 2. The van der Waals surface area contributed by atoms with Crippen LogP contribution in [0.25, 0.3) is 0 Å². The summed E-state index contributed by atoms with van der Waals surface area (Å²) in [6.07, 6.45) is 3.23. The van der Waals surface area contributed by atoms with E-state index in [0.717, 1.165) is 6.42 Å². The van der Waals surface area contributed by atoms with Gasteiger partial charge in [0, 0.05) is 12.8 Å². The number of rotatable bonds is 5. The molecule has 0 atom stereocenters. The van der Waals surface area contributed by atoms with Crippen LogP contribution < -0.4 is 10.6 Å². The molecule has 1 rings (SSSR count). The molecule has 0 radical (unpaired) electrons. The molecule has 0 aliphatic heterocycles. The molecule has 0 saturated carbocycles. The Bertz CT molecular complexity index is 387. The van der Waals surface area contributed by atoms with Crippen LogP contribution in [0.15, 0.2) is 18.3 Å². The summed E-state index contributed by atoms with van der Waals surface area (Å²) in [4.78, 5) is 26.5. The van der Waals surface area contributed by atoms with Gasteiger partial charge >= 0.3 is 0 Å². The Hall–Kier alpha value is -1.91. The van der Waals surface area contributed by atoms with E-state index in [9.17, 15) is 9.59 Å². The van der Waals surface area contributed by atoms with Crippen molar-refractivity contribution in [1.82, 2.24) is 4.98 Å². The highest BCUT2D eigenvalue weighted by atomic mass is 16.2. The van der Waals surface area contributed by atoms with Gasteiger partial charge in [0.2, 0.25) is 11.8 Å². The Kier molecular flexibility index (Phi) is 5.13. The Morgan fingerprint density at radius 2 is 1.94 bits per heavy atom. The molecule has 5 nitrogen and oxygen atoms in total. The summed E-state index contributed by atoms with van der Waals surface area (Å²) < 4.78 is 0. The first kappa shape index (κ1) is 13.2. The maximum absolute atomic E-state index is 11.3. The Morgan fingerprint density at radius 3 is 2.47 bits per heavy atom. The van der Waals surface area contributed by atoms with Gasteiger partial charge in [-0.25, -0.2) is 4.98 Å². The number of carbonyl (C=O) groups is 2. The van der Waals surface area contributed by atoms with Gasteiger partial charge in [-0.1, -0.05) is 13.8 Å². The Morgan fingerprint density at radius 1 is 1.18 bits per heavy atom. The molecule has 17 heavy (non-hydrogen) atoms. The van der Waals surface area contributed by atoms with E-state index in [1.807, 2.05) is 6.92 Å². The normalized spacial score (nSPS) is 9.76. The molecule has 0 aliphatic carbocycles. The minimum atomic E-state index is -0.0606. The van der Waals surface area contributed by atoms with Crippen molar-refractivity contribution < 1.29 is 9.59 Å². The summed E-state index contributed by atoms with van der Waals surface area (Å²) in [6.45, 7) is 3.72. The van der Waals surface area contributed by atoms with Gasteiger partial charge in [0.1, 0.15) is 5.82 Å². The number of aromatic nitrogens is 1. The topological polar surface area (TPSA) is 71.1 Å². The summed E-state index contributed by atoms with van der Waals surface area (Å²) >= 11 is 0. The van der Waals surface area contributed by atoms with E-state index in [1.165, 1.54) is 6.20 Å². The highest BCUT2D eigenvalue weighted by Gasteiger charge is 2.03. The fourth-order valence-electron chi connectivity index (χ4n) is 1.22. The molecule has 1 heterocycles. The van der Waals surface area contributed by atoms with Crippen LogP contribution in [0, 0.1) is 0 Å². The minimum Gasteiger partial charge on any atom is -0.325 e. The van der Waals surface area contributed by atoms with E-state index in [4.69, 9.17) is 0 Å². The average molecular weight is 235 g/mol. The van der Waals surface area contributed by atoms with Gasteiger partial charge in [-0.2, -0.15) is 0 Å². The van der Waals surface area contributed by atoms with E-state index >= 15 is 0 Å². The van der Waals surface area contributed by atoms with E-state index in [0.29, 0.717) is 24.3 Å². The maximum atomic E-state index is 11.3. The van der Waals surface area contributed by atoms with Gasteiger partial charge in [-0.15, -0.1) is 0 Å². The zero-order valence-electron chi connectivity index (χ0n) is 10.1. The standard InChI is InChI=1S/C12H17N3O2/c1-3-5-12(17)15-10-7-6-9(8-13-10)14-11(16)4-2/h6-8H,3-5H2,1-2H3,(H,14,16)(H,13,15,17). The van der Waals surface area contributed by atoms with Crippen LogP contribution in [0.4, 0.5) is 11.5 Å². The second-order valence-corrected chi connectivity index (χ2v) is 3.63. The number of nitrogens with zero attached hydrogens (tertiary/aromatic N) is 1. The number of hydrogen-bond donors (Lipinski definition) is 2. The van der Waals surface area contributed by atoms with Crippen LogP contribution in [0.3, 0.4) is 0 Å². The molecule has 0 aromatic carbocycles. The molecular formula is C12H17N3O2. The molecule has 0 bridgehead atoms. The van der Waals surface area contributed by atoms with Gasteiger partial charge < -0.3 is 10.6 Å². The molecule has 2 N–H and O–H groups in total. The van der Waals surface area contributed by atoms with Crippen LogP contribution in [0.1, 0.15) is 33.1 Å². The third kappa shape index (κ3) is 4.63. The molecular weight excluding hydrogens is 218 g/mol. The number of carbonyl (C=O) groups excluding carboxylic acids is 2. The van der Waals surface area contributed by atoms with Crippen molar-refractivity contribution >= 4 is 23.3 Å². The molecule has 92 valence electrons. The van der Waals surface area contributed by atoms with Crippen molar-refractivity contribution in [1.29, 1.82) is 0 Å². The average Bonchev–Trinajstić information content (AvgIpc) is 2.32. The van der Waals surface area contributed by atoms with Gasteiger partial charge in [-0.05, 0) is 18.6 Å². The highest BCUT2D eigenvalue weighted by Crippen LogP contribution is 2.10. The fraction of sp³-hybridized carbons (Fsp3) is 0.417. The van der Waals surface area contributed by atoms with Crippen molar-refractivity contribution in [2.24, 2.45) is 0 Å². The molecule has 0 saturated heterocycles. The Labute approximate surface area is 101 Å². The maximum Gasteiger partial charge on any atom is 0.225 e. The number of amides is 2. The number of anilines is 2. The second-order valence-electron chi connectivity index (χ2n) is 3.63. The lowest BCUT2D eigenvalue weighted by Gasteiger charge is -2.05. The smallest absolute Gasteiger partial charge is 0.225 e. The van der Waals surface area contributed by atoms with Crippen LogP contribution in [0.5, 0.6) is 0 Å². The van der Waals surface area contributed by atoms with Gasteiger partial charge in [-0.3, -0.25) is 9.59 Å². The highest BCUT2D eigenvalue weighted by molar-refractivity contribution is 5.91. The second kappa shape index (κ2) is 6.62. The van der Waals surface area contributed by atoms with Crippen molar-refractivity contribution in [3.05, 3.63) is 18.3 Å². The summed E-state index contributed by atoms with van der Waals surface area (Å²) in [6, 6.07) is 3.38. The minimum absolute atomic E-state index is 0.0506. The quantitative estimate of drug-likeness (QED) is 0.821. The van der Waals surface area contributed by atoms with Gasteiger partial charge in [0.25, 0.3) is 0 Å². The van der Waals surface area contributed by atoms with Crippen LogP contribution in [-0.4, -0.2) is 16.8 Å². The van der Waals surface area contributed by atoms with E-state index < -0.39 is 0 Å². The first-order valence-electron chi connectivity index (χ1n) is 5.71. The predicted molar refractivity (Wildman–Crippen MR) is 66.7 cm³/mol. The SMILES string of the molecule is CCCC(=O)Nc1ccc(NC(=O)CC)cn1. The van der Waals surface area contributed by atoms with Crippen LogP contribution in [-0.2, 0) is 9.59 Å². The summed E-state index contributed by atoms with van der Waals surface area (Å²) in [5, 5.41) is 5.36. The molecule has 0 unspecified atom stereocenters. The molecule has 0 fully saturated rings. The van der Waals surface area contributed by atoms with E-state index in [2.05, 4.69) is 15.6 Å². The van der Waals surface area contributed by atoms with Crippen molar-refractivity contribution in [2.75, 3.05) is 10.6 Å². The summed E-state index contributed by atoms with van der Waals surface area (Å²) in [7, 11) is 0. The molecule has 1 aromatic heterocycles. The molecule has 0 spiro atoms. The lowest BCUT2D eigenvalue weighted by Crippen LogP contribution is -2.13. The molecule has 0 aliphatic rings. The third-order valence-electron chi connectivity index (χ3n) is 2.11. The third-order valence-corrected chi connectivity index (χ3v) is 2.11. The summed E-state index contributed by atoms with van der Waals surface area (Å²) in [5.74, 6) is 0.387. The molecule has 5 heteroatoms. The van der Waals surface area contributed by atoms with Gasteiger partial charge in [0.15, 0.2) is 0 Å². The van der Waals surface area contributed by atoms with E-state index in [-0.39, 0.29) is 11.8 Å². The zero-order valence-corrected chi connectivity index (χ0v) is 10.1. The first-order valence-corrected chi connectivity index (χ1v) is 5.71. The summed E-state index contributed by atoms with van der Waals surface area (Å²) in [5.41, 5.74) is 0.630. The largest absolute Gasteiger partial charge is 0.325 e. The van der Waals surface area contributed by atoms with Crippen molar-refractivity contribution in [2.45, 2.75) is 33.1 Å². The molecule has 2 amide bonds. The number of hydrogen-bond acceptors (Lipinski definition) is 3. The lowest BCUT2D eigenvalue weighted by atomic mass is 10.3. The van der Waals surface area contributed by atoms with E-state index in [1.54, 1.807) is 19.1 Å². The number of pyridine rings is 1. The zero-order chi connectivity index (χ0) is 12.7. The van der Waals surface area contributed by atoms with Crippen molar-refractivity contribution in [3.63, 3.8) is 0 Å². The van der Waals surface area contributed by atoms with Crippen LogP contribution in [0.2, 0.25) is 0 Å². The fourth-order valence-corrected chi connectivity index (χ4v) is 1.22. The lowest BCUT2D eigenvalue weighted by molar-refractivity contribution is -0.116. The first-order chi connectivity index (χ1) is 8.15. The monoisotopic (exact) mass is 235 g/mol.